The summed E-state index contributed by atoms with van der Waals surface area (Å²) in [6, 6.07) is 3.49. The second-order valence-corrected chi connectivity index (χ2v) is 4.73. The maximum absolute atomic E-state index is 12.1. The van der Waals surface area contributed by atoms with Crippen LogP contribution in [0.15, 0.2) is 28.9 Å². The van der Waals surface area contributed by atoms with Crippen LogP contribution in [-0.2, 0) is 9.59 Å². The molecule has 0 saturated heterocycles. The molecule has 0 saturated carbocycles. The van der Waals surface area contributed by atoms with E-state index in [9.17, 15) is 9.59 Å². The largest absolute Gasteiger partial charge is 0.481 e. The van der Waals surface area contributed by atoms with Crippen molar-refractivity contribution in [1.82, 2.24) is 4.90 Å². The number of furan rings is 1. The molecule has 0 radical (unpaired) electrons. The SMILES string of the molecule is CCCCN(CC(C)C(=O)O)C(=O)/C=C/c1ccco1. The smallest absolute Gasteiger partial charge is 0.308 e. The number of carboxylic acid groups (broad SMARTS) is 1. The molecule has 110 valence electrons. The number of hydrogen-bond donors (Lipinski definition) is 1. The quantitative estimate of drug-likeness (QED) is 0.743. The van der Waals surface area contributed by atoms with E-state index in [1.54, 1.807) is 30.0 Å². The van der Waals surface area contributed by atoms with E-state index < -0.39 is 11.9 Å². The standard InChI is InChI=1S/C15H21NO4/c1-3-4-9-16(11-12(2)15(18)19)14(17)8-7-13-6-5-10-20-13/h5-8,10,12H,3-4,9,11H2,1-2H3,(H,18,19)/b8-7+. The molecule has 1 aromatic rings. The third-order valence-corrected chi connectivity index (χ3v) is 2.94. The number of carbonyl (C=O) groups excluding carboxylic acids is 1. The molecule has 0 bridgehead atoms. The van der Waals surface area contributed by atoms with E-state index in [1.807, 2.05) is 6.92 Å². The Hall–Kier alpha value is -2.04. The number of carboxylic acids is 1. The van der Waals surface area contributed by atoms with Crippen molar-refractivity contribution in [2.75, 3.05) is 13.1 Å². The van der Waals surface area contributed by atoms with Gasteiger partial charge in [-0.2, -0.15) is 0 Å². The van der Waals surface area contributed by atoms with Crippen LogP contribution in [0.3, 0.4) is 0 Å². The van der Waals surface area contributed by atoms with Crippen LogP contribution >= 0.6 is 0 Å². The predicted octanol–water partition coefficient (Wildman–Crippen LogP) is 2.64. The van der Waals surface area contributed by atoms with Gasteiger partial charge in [-0.25, -0.2) is 0 Å². The summed E-state index contributed by atoms with van der Waals surface area (Å²) >= 11 is 0. The molecule has 1 amide bonds. The Morgan fingerprint density at radius 3 is 2.80 bits per heavy atom. The zero-order valence-electron chi connectivity index (χ0n) is 11.9. The number of unbranched alkanes of at least 4 members (excludes halogenated alkanes) is 1. The summed E-state index contributed by atoms with van der Waals surface area (Å²) in [6.07, 6.45) is 6.35. The van der Waals surface area contributed by atoms with Gasteiger partial charge in [-0.05, 0) is 24.6 Å². The predicted molar refractivity (Wildman–Crippen MR) is 76.0 cm³/mol. The Morgan fingerprint density at radius 1 is 1.50 bits per heavy atom. The molecule has 0 aromatic carbocycles. The van der Waals surface area contributed by atoms with Crippen molar-refractivity contribution in [3.63, 3.8) is 0 Å². The van der Waals surface area contributed by atoms with Gasteiger partial charge in [0.15, 0.2) is 0 Å². The minimum atomic E-state index is -0.894. The molecular formula is C15H21NO4. The zero-order chi connectivity index (χ0) is 15.0. The molecule has 0 aliphatic heterocycles. The molecule has 1 aromatic heterocycles. The summed E-state index contributed by atoms with van der Waals surface area (Å²) in [7, 11) is 0. The first-order chi connectivity index (χ1) is 9.54. The van der Waals surface area contributed by atoms with Crippen LogP contribution in [0.25, 0.3) is 6.08 Å². The monoisotopic (exact) mass is 279 g/mol. The van der Waals surface area contributed by atoms with Crippen LogP contribution in [0.1, 0.15) is 32.4 Å². The molecule has 0 fully saturated rings. The Kier molecular flexibility index (Phi) is 6.56. The number of aliphatic carboxylic acids is 1. The Bertz CT molecular complexity index is 450. The number of rotatable bonds is 8. The molecule has 0 spiro atoms. The Labute approximate surface area is 118 Å². The van der Waals surface area contributed by atoms with E-state index in [0.29, 0.717) is 12.3 Å². The zero-order valence-corrected chi connectivity index (χ0v) is 11.9. The molecule has 1 N–H and O–H groups in total. The minimum absolute atomic E-state index is 0.192. The summed E-state index contributed by atoms with van der Waals surface area (Å²) in [5.74, 6) is -1.06. The highest BCUT2D eigenvalue weighted by molar-refractivity contribution is 5.91. The maximum atomic E-state index is 12.1. The number of nitrogens with zero attached hydrogens (tertiary/aromatic N) is 1. The van der Waals surface area contributed by atoms with E-state index in [-0.39, 0.29) is 12.5 Å². The minimum Gasteiger partial charge on any atom is -0.481 e. The maximum Gasteiger partial charge on any atom is 0.308 e. The van der Waals surface area contributed by atoms with Gasteiger partial charge in [0.25, 0.3) is 0 Å². The lowest BCUT2D eigenvalue weighted by Crippen LogP contribution is -2.36. The van der Waals surface area contributed by atoms with Crippen LogP contribution in [-0.4, -0.2) is 35.0 Å². The van der Waals surface area contributed by atoms with Gasteiger partial charge >= 0.3 is 5.97 Å². The molecule has 0 aliphatic rings. The first kappa shape index (κ1) is 16.0. The highest BCUT2D eigenvalue weighted by Crippen LogP contribution is 2.07. The second-order valence-electron chi connectivity index (χ2n) is 4.73. The van der Waals surface area contributed by atoms with Gasteiger partial charge in [0, 0.05) is 19.2 Å². The van der Waals surface area contributed by atoms with Crippen molar-refractivity contribution in [2.24, 2.45) is 5.92 Å². The molecule has 1 unspecified atom stereocenters. The average molecular weight is 279 g/mol. The number of amides is 1. The van der Waals surface area contributed by atoms with Crippen molar-refractivity contribution >= 4 is 18.0 Å². The molecular weight excluding hydrogens is 258 g/mol. The van der Waals surface area contributed by atoms with Crippen LogP contribution in [0.4, 0.5) is 0 Å². The topological polar surface area (TPSA) is 70.8 Å². The highest BCUT2D eigenvalue weighted by Gasteiger charge is 2.18. The fourth-order valence-corrected chi connectivity index (χ4v) is 1.69. The summed E-state index contributed by atoms with van der Waals surface area (Å²) in [5, 5.41) is 8.95. The first-order valence-electron chi connectivity index (χ1n) is 6.78. The van der Waals surface area contributed by atoms with Gasteiger partial charge in [0.05, 0.1) is 12.2 Å². The molecule has 5 nitrogen and oxygen atoms in total. The number of carbonyl (C=O) groups is 2. The summed E-state index contributed by atoms with van der Waals surface area (Å²) < 4.78 is 5.11. The molecule has 5 heteroatoms. The van der Waals surface area contributed by atoms with Crippen molar-refractivity contribution in [2.45, 2.75) is 26.7 Å². The van der Waals surface area contributed by atoms with E-state index in [0.717, 1.165) is 12.8 Å². The third kappa shape index (κ3) is 5.30. The lowest BCUT2D eigenvalue weighted by Gasteiger charge is -2.23. The lowest BCUT2D eigenvalue weighted by molar-refractivity contribution is -0.142. The molecule has 20 heavy (non-hydrogen) atoms. The van der Waals surface area contributed by atoms with Gasteiger partial charge < -0.3 is 14.4 Å². The fraction of sp³-hybridized carbons (Fsp3) is 0.467. The van der Waals surface area contributed by atoms with Crippen molar-refractivity contribution in [1.29, 1.82) is 0 Å². The number of hydrogen-bond acceptors (Lipinski definition) is 3. The second kappa shape index (κ2) is 8.19. The Morgan fingerprint density at radius 2 is 2.25 bits per heavy atom. The van der Waals surface area contributed by atoms with Crippen LogP contribution in [0.5, 0.6) is 0 Å². The van der Waals surface area contributed by atoms with Gasteiger partial charge in [0.2, 0.25) is 5.91 Å². The van der Waals surface area contributed by atoms with Gasteiger partial charge in [-0.3, -0.25) is 9.59 Å². The summed E-state index contributed by atoms with van der Waals surface area (Å²) in [5.41, 5.74) is 0. The van der Waals surface area contributed by atoms with E-state index in [1.165, 1.54) is 12.3 Å². The van der Waals surface area contributed by atoms with Crippen molar-refractivity contribution in [3.8, 4) is 0 Å². The van der Waals surface area contributed by atoms with E-state index in [2.05, 4.69) is 0 Å². The molecule has 0 aliphatic carbocycles. The normalized spacial score (nSPS) is 12.5. The molecule has 1 heterocycles. The van der Waals surface area contributed by atoms with Crippen LogP contribution in [0, 0.1) is 5.92 Å². The average Bonchev–Trinajstić information content (AvgIpc) is 2.93. The summed E-state index contributed by atoms with van der Waals surface area (Å²) in [6.45, 7) is 4.42. The van der Waals surface area contributed by atoms with Gasteiger partial charge in [-0.15, -0.1) is 0 Å². The molecule has 1 rings (SSSR count). The van der Waals surface area contributed by atoms with Crippen LogP contribution in [0.2, 0.25) is 0 Å². The third-order valence-electron chi connectivity index (χ3n) is 2.94. The van der Waals surface area contributed by atoms with E-state index in [4.69, 9.17) is 9.52 Å². The highest BCUT2D eigenvalue weighted by atomic mass is 16.4. The van der Waals surface area contributed by atoms with Gasteiger partial charge in [-0.1, -0.05) is 20.3 Å². The van der Waals surface area contributed by atoms with Crippen molar-refractivity contribution in [3.05, 3.63) is 30.2 Å². The molecule has 1 atom stereocenters. The van der Waals surface area contributed by atoms with Crippen molar-refractivity contribution < 1.29 is 19.1 Å². The first-order valence-corrected chi connectivity index (χ1v) is 6.78. The van der Waals surface area contributed by atoms with Crippen LogP contribution < -0.4 is 0 Å². The Balaban J connectivity index is 2.65. The summed E-state index contributed by atoms with van der Waals surface area (Å²) in [4.78, 5) is 24.6. The van der Waals surface area contributed by atoms with Gasteiger partial charge in [0.1, 0.15) is 5.76 Å². The fourth-order valence-electron chi connectivity index (χ4n) is 1.69. The van der Waals surface area contributed by atoms with E-state index >= 15 is 0 Å². The lowest BCUT2D eigenvalue weighted by atomic mass is 10.1.